The third-order valence-corrected chi connectivity index (χ3v) is 11.3. The maximum atomic E-state index is 11.7. The number of rotatable bonds is 23. The highest BCUT2D eigenvalue weighted by Crippen LogP contribution is 2.31. The van der Waals surface area contributed by atoms with Gasteiger partial charge in [-0.3, -0.25) is 19.2 Å². The van der Waals surface area contributed by atoms with Crippen molar-refractivity contribution in [3.8, 4) is 0 Å². The van der Waals surface area contributed by atoms with Crippen LogP contribution in [0.3, 0.4) is 0 Å². The van der Waals surface area contributed by atoms with Crippen molar-refractivity contribution >= 4 is 41.6 Å². The minimum atomic E-state index is -0.865. The molecule has 2 rings (SSSR count). The average molecular weight is 869 g/mol. The minimum Gasteiger partial charge on any atom is -0.478 e. The molecule has 348 valence electrons. The van der Waals surface area contributed by atoms with E-state index < -0.39 is 11.4 Å². The summed E-state index contributed by atoms with van der Waals surface area (Å²) in [4.78, 5) is 56.4. The van der Waals surface area contributed by atoms with Crippen LogP contribution < -0.4 is 0 Å². The Morgan fingerprint density at radius 1 is 0.750 bits per heavy atom. The first-order valence-electron chi connectivity index (χ1n) is 22.2. The van der Waals surface area contributed by atoms with E-state index in [4.69, 9.17) is 28.8 Å². The zero-order chi connectivity index (χ0) is 46.4. The number of ether oxygens (including phenoxy) is 5. The summed E-state index contributed by atoms with van der Waals surface area (Å²) < 4.78 is 25.9. The third kappa shape index (κ3) is 27.7. The van der Waals surface area contributed by atoms with Crippen LogP contribution in [0.1, 0.15) is 182 Å². The number of benzene rings is 1. The third-order valence-electron chi connectivity index (χ3n) is 10.6. The second-order valence-electron chi connectivity index (χ2n) is 17.4. The van der Waals surface area contributed by atoms with E-state index in [1.165, 1.54) is 24.2 Å². The van der Waals surface area contributed by atoms with Gasteiger partial charge in [0, 0.05) is 6.42 Å². The molecule has 0 amide bonds. The molecule has 1 aromatic carbocycles. The standard InChI is InChI=1S/C17H32O4S.C11H20O3.C11H14O2.C9H18O2/c1-5-17(2,3)16(19)21-13-10-11-15(18)20-12-8-6-7-9-14-22-4;1-4-9(3)10(12)14-8-11(5-2)6-13-7-11;1-3-8(2)9-4-6-10(7-5-9)11(12)13;1-6-7(2)8(10)11-9(3,4)5/h5-14H2,1-4H3;9H,4-8H2,1-3H3;4-8H,3H2,1-2H3,(H,12,13);7H,6H2,1-5H3. The van der Waals surface area contributed by atoms with Crippen LogP contribution in [0.25, 0.3) is 0 Å². The smallest absolute Gasteiger partial charge is 0.335 e. The zero-order valence-electron chi connectivity index (χ0n) is 40.0. The van der Waals surface area contributed by atoms with Crippen LogP contribution in [-0.4, -0.2) is 85.6 Å². The molecule has 1 N–H and O–H groups in total. The van der Waals surface area contributed by atoms with Crippen LogP contribution >= 0.6 is 11.8 Å². The van der Waals surface area contributed by atoms with Crippen LogP contribution in [0.15, 0.2) is 24.3 Å². The van der Waals surface area contributed by atoms with Crippen molar-refractivity contribution in [1.82, 2.24) is 0 Å². The summed E-state index contributed by atoms with van der Waals surface area (Å²) in [6.45, 7) is 28.2. The van der Waals surface area contributed by atoms with Crippen molar-refractivity contribution in [1.29, 1.82) is 0 Å². The van der Waals surface area contributed by atoms with Gasteiger partial charge < -0.3 is 28.8 Å². The Hall–Kier alpha value is -3.12. The Morgan fingerprint density at radius 2 is 1.30 bits per heavy atom. The molecular formula is C48H84O11S. The quantitative estimate of drug-likeness (QED) is 0.0633. The lowest BCUT2D eigenvalue weighted by Crippen LogP contribution is -2.46. The van der Waals surface area contributed by atoms with Gasteiger partial charge in [-0.05, 0) is 122 Å². The fourth-order valence-electron chi connectivity index (χ4n) is 4.75. The predicted molar refractivity (Wildman–Crippen MR) is 243 cm³/mol. The monoisotopic (exact) mass is 869 g/mol. The Labute approximate surface area is 368 Å². The molecule has 1 aromatic rings. The lowest BCUT2D eigenvalue weighted by Gasteiger charge is -2.40. The molecule has 1 fully saturated rings. The van der Waals surface area contributed by atoms with E-state index in [2.05, 4.69) is 27.0 Å². The number of carbonyl (C=O) groups excluding carboxylic acids is 4. The van der Waals surface area contributed by atoms with Gasteiger partial charge in [-0.2, -0.15) is 11.8 Å². The Balaban J connectivity index is 0. The first-order chi connectivity index (χ1) is 28.1. The number of aromatic carboxylic acids is 1. The normalized spacial score (nSPS) is 14.4. The molecule has 3 atom stereocenters. The fraction of sp³-hybridized carbons (Fsp3) is 0.771. The highest BCUT2D eigenvalue weighted by Gasteiger charge is 2.38. The molecule has 3 unspecified atom stereocenters. The van der Waals surface area contributed by atoms with Crippen LogP contribution in [0.2, 0.25) is 0 Å². The van der Waals surface area contributed by atoms with E-state index in [0.717, 1.165) is 58.2 Å². The summed E-state index contributed by atoms with van der Waals surface area (Å²) in [5, 5.41) is 8.67. The molecule has 1 heterocycles. The molecule has 1 aliphatic rings. The first-order valence-corrected chi connectivity index (χ1v) is 23.6. The maximum absolute atomic E-state index is 11.7. The molecule has 1 saturated heterocycles. The van der Waals surface area contributed by atoms with Gasteiger partial charge in [-0.25, -0.2) is 4.79 Å². The van der Waals surface area contributed by atoms with E-state index in [9.17, 15) is 24.0 Å². The molecule has 1 aliphatic heterocycles. The van der Waals surface area contributed by atoms with Crippen LogP contribution in [0, 0.1) is 22.7 Å². The Bertz CT molecular complexity index is 1330. The minimum absolute atomic E-state index is 0.0184. The molecule has 0 saturated carbocycles. The van der Waals surface area contributed by atoms with Gasteiger partial charge in [-0.1, -0.05) is 80.4 Å². The van der Waals surface area contributed by atoms with Gasteiger partial charge in [0.15, 0.2) is 0 Å². The average Bonchev–Trinajstić information content (AvgIpc) is 3.20. The lowest BCUT2D eigenvalue weighted by molar-refractivity contribution is -0.173. The second-order valence-corrected chi connectivity index (χ2v) is 18.4. The molecule has 0 aromatic heterocycles. The second kappa shape index (κ2) is 32.6. The number of hydrogen-bond donors (Lipinski definition) is 1. The molecular weight excluding hydrogens is 785 g/mol. The fourth-order valence-corrected chi connectivity index (χ4v) is 5.25. The predicted octanol–water partition coefficient (Wildman–Crippen LogP) is 11.5. The van der Waals surface area contributed by atoms with Gasteiger partial charge in [-0.15, -0.1) is 0 Å². The highest BCUT2D eigenvalue weighted by atomic mass is 32.2. The van der Waals surface area contributed by atoms with Gasteiger partial charge >= 0.3 is 29.8 Å². The molecule has 0 spiro atoms. The largest absolute Gasteiger partial charge is 0.478 e. The number of esters is 4. The van der Waals surface area contributed by atoms with Crippen molar-refractivity contribution in [3.05, 3.63) is 35.4 Å². The van der Waals surface area contributed by atoms with Crippen molar-refractivity contribution in [3.63, 3.8) is 0 Å². The van der Waals surface area contributed by atoms with Crippen LogP contribution in [0.4, 0.5) is 0 Å². The van der Waals surface area contributed by atoms with Gasteiger partial charge in [0.1, 0.15) is 12.2 Å². The zero-order valence-corrected chi connectivity index (χ0v) is 40.8. The summed E-state index contributed by atoms with van der Waals surface area (Å²) in [5.41, 5.74) is 0.875. The van der Waals surface area contributed by atoms with E-state index in [1.807, 2.05) is 93.1 Å². The molecule has 60 heavy (non-hydrogen) atoms. The van der Waals surface area contributed by atoms with E-state index >= 15 is 0 Å². The van der Waals surface area contributed by atoms with Crippen molar-refractivity contribution in [2.45, 2.75) is 172 Å². The van der Waals surface area contributed by atoms with Crippen LogP contribution in [0.5, 0.6) is 0 Å². The number of hydrogen-bond acceptors (Lipinski definition) is 11. The number of carboxylic acid groups (broad SMARTS) is 1. The van der Waals surface area contributed by atoms with Crippen molar-refractivity contribution in [2.24, 2.45) is 22.7 Å². The van der Waals surface area contributed by atoms with Gasteiger partial charge in [0.05, 0.1) is 54.7 Å². The number of carbonyl (C=O) groups is 5. The first kappa shape index (κ1) is 59.0. The summed E-state index contributed by atoms with van der Waals surface area (Å²) >= 11 is 1.87. The molecule has 0 radical (unpaired) electrons. The highest BCUT2D eigenvalue weighted by molar-refractivity contribution is 7.98. The number of unbranched alkanes of at least 4 members (excludes halogenated alkanes) is 3. The Kier molecular flexibility index (Phi) is 32.0. The number of thioether (sulfide) groups is 1. The topological polar surface area (TPSA) is 152 Å². The summed E-state index contributed by atoms with van der Waals surface area (Å²) in [5.74, 6) is 0.307. The van der Waals surface area contributed by atoms with E-state index in [1.54, 1.807) is 12.1 Å². The van der Waals surface area contributed by atoms with Crippen molar-refractivity contribution < 1.29 is 52.8 Å². The summed E-state index contributed by atoms with van der Waals surface area (Å²) in [7, 11) is 0. The van der Waals surface area contributed by atoms with E-state index in [0.29, 0.717) is 37.5 Å². The van der Waals surface area contributed by atoms with Crippen LogP contribution in [-0.2, 0) is 42.9 Å². The van der Waals surface area contributed by atoms with Crippen molar-refractivity contribution in [2.75, 3.05) is 45.0 Å². The van der Waals surface area contributed by atoms with Gasteiger partial charge in [0.2, 0.25) is 0 Å². The molecule has 12 heteroatoms. The number of carboxylic acids is 1. The Morgan fingerprint density at radius 3 is 1.75 bits per heavy atom. The molecule has 11 nitrogen and oxygen atoms in total. The maximum Gasteiger partial charge on any atom is 0.335 e. The summed E-state index contributed by atoms with van der Waals surface area (Å²) in [6.07, 6.45) is 11.9. The van der Waals surface area contributed by atoms with Gasteiger partial charge in [0.25, 0.3) is 0 Å². The molecule has 0 bridgehead atoms. The van der Waals surface area contributed by atoms with E-state index in [-0.39, 0.29) is 53.3 Å². The lowest BCUT2D eigenvalue weighted by atomic mass is 9.84. The molecule has 0 aliphatic carbocycles. The SMILES string of the molecule is CCC(C)(C)C(=O)OCCCC(=O)OCCCCCCSC.CCC(C)C(=O)OC(C)(C)C.CCC(C)C(=O)OCC1(CC)COC1.CCC(C)c1ccc(C(=O)O)cc1. The summed E-state index contributed by atoms with van der Waals surface area (Å²) in [6, 6.07) is 7.09.